The first-order chi connectivity index (χ1) is 25.3. The van der Waals surface area contributed by atoms with Gasteiger partial charge in [0.2, 0.25) is 0 Å². The zero-order chi connectivity index (χ0) is 35.9. The Hall–Kier alpha value is -5.03. The van der Waals surface area contributed by atoms with E-state index in [9.17, 15) is 19.5 Å². The topological polar surface area (TPSA) is 82.9 Å². The number of hydrogen-bond acceptors (Lipinski definition) is 7. The molecule has 0 spiro atoms. The fourth-order valence-electron chi connectivity index (χ4n) is 7.69. The average Bonchev–Trinajstić information content (AvgIpc) is 3.90. The minimum Gasteiger partial charge on any atom is -0.480 e. The summed E-state index contributed by atoms with van der Waals surface area (Å²) in [6.45, 7) is 1.70. The van der Waals surface area contributed by atoms with Gasteiger partial charge in [-0.1, -0.05) is 109 Å². The number of carbonyl (C=O) groups excluding carboxylic acids is 1. The minimum absolute atomic E-state index is 0.297. The lowest BCUT2D eigenvalue weighted by Gasteiger charge is -2.27. The van der Waals surface area contributed by atoms with E-state index in [2.05, 4.69) is 95.9 Å². The van der Waals surface area contributed by atoms with Crippen molar-refractivity contribution in [3.8, 4) is 0 Å². The van der Waals surface area contributed by atoms with Gasteiger partial charge in [0.1, 0.15) is 20.4 Å². The Labute approximate surface area is 314 Å². The molecule has 260 valence electrons. The molecule has 1 amide bonds. The number of nitrogens with zero attached hydrogens (tertiary/aromatic N) is 3. The molecular formula is C42H35N3O4S3. The monoisotopic (exact) mass is 741 g/mol. The zero-order valence-corrected chi connectivity index (χ0v) is 30.8. The standard InChI is InChI=1S/C42H35N3O4S3/c1-2-43-40(49)38(52-42(43)50)41-44(25-37(46)47)39(48)36(51-41)24-27-18-21-35-33(23-27)31-14-9-15-34(31)45(35)30-19-16-26(17-20-30)22-32(28-10-5-3-6-11-28)29-12-7-4-8-13-29/h3-8,10-13,16-24,31,34H,2,9,14-15,25H2,1H3,(H,46,47). The van der Waals surface area contributed by atoms with E-state index in [0.29, 0.717) is 36.9 Å². The summed E-state index contributed by atoms with van der Waals surface area (Å²) in [6, 6.07) is 36.5. The van der Waals surface area contributed by atoms with Crippen molar-refractivity contribution in [1.29, 1.82) is 0 Å². The maximum atomic E-state index is 13.6. The predicted octanol–water partition coefficient (Wildman–Crippen LogP) is 7.19. The Balaban J connectivity index is 1.15. The fourth-order valence-corrected chi connectivity index (χ4v) is 10.3. The lowest BCUT2D eigenvalue weighted by molar-refractivity contribution is -0.137. The summed E-state index contributed by atoms with van der Waals surface area (Å²) in [7, 11) is 0. The summed E-state index contributed by atoms with van der Waals surface area (Å²) in [6.07, 6.45) is 7.41. The minimum atomic E-state index is -1.15. The van der Waals surface area contributed by atoms with E-state index in [1.165, 1.54) is 37.4 Å². The number of carbonyl (C=O) groups is 2. The fraction of sp³-hybridized carbons (Fsp3) is 0.190. The molecule has 1 saturated carbocycles. The van der Waals surface area contributed by atoms with Gasteiger partial charge in [-0.2, -0.15) is 0 Å². The number of thiocarbonyl (C=S) groups is 1. The number of aromatic nitrogens is 1. The number of rotatable bonds is 8. The van der Waals surface area contributed by atoms with E-state index < -0.39 is 18.1 Å². The van der Waals surface area contributed by atoms with Crippen LogP contribution in [0.5, 0.6) is 0 Å². The Bertz CT molecular complexity index is 2390. The maximum absolute atomic E-state index is 13.6. The van der Waals surface area contributed by atoms with Gasteiger partial charge in [0, 0.05) is 29.9 Å². The van der Waals surface area contributed by atoms with Crippen LogP contribution in [-0.2, 0) is 16.1 Å². The average molecular weight is 742 g/mol. The van der Waals surface area contributed by atoms with Crippen molar-refractivity contribution < 1.29 is 14.7 Å². The molecule has 3 heterocycles. The number of carboxylic acids is 1. The number of thiazole rings is 1. The van der Waals surface area contributed by atoms with Gasteiger partial charge >= 0.3 is 5.97 Å². The molecule has 1 aromatic heterocycles. The lowest BCUT2D eigenvalue weighted by Crippen LogP contribution is -2.35. The first kappa shape index (κ1) is 34.1. The third kappa shape index (κ3) is 6.25. The van der Waals surface area contributed by atoms with Gasteiger partial charge in [0.05, 0.1) is 4.53 Å². The SMILES string of the molecule is CCN1C(=O)C(=c2sc(=Cc3ccc4c(c3)C3CCCC3N4c3ccc(C=C(c4ccccc4)c4ccccc4)cc3)c(=O)n2CC(=O)O)SC1=S. The second kappa shape index (κ2) is 14.2. The molecular weight excluding hydrogens is 707 g/mol. The summed E-state index contributed by atoms with van der Waals surface area (Å²) in [4.78, 5) is 42.8. The van der Waals surface area contributed by atoms with E-state index >= 15 is 0 Å². The highest BCUT2D eigenvalue weighted by molar-refractivity contribution is 8.30. The molecule has 2 unspecified atom stereocenters. The molecule has 8 rings (SSSR count). The number of fused-ring (bicyclic) bond motifs is 3. The van der Waals surface area contributed by atoms with E-state index in [1.54, 1.807) is 0 Å². The Kier molecular flexibility index (Phi) is 9.29. The molecule has 4 aromatic carbocycles. The first-order valence-corrected chi connectivity index (χ1v) is 19.4. The van der Waals surface area contributed by atoms with Crippen molar-refractivity contribution in [2.45, 2.75) is 44.7 Å². The lowest BCUT2D eigenvalue weighted by atomic mass is 9.95. The molecule has 2 fully saturated rings. The van der Waals surface area contributed by atoms with Crippen LogP contribution in [0.2, 0.25) is 0 Å². The van der Waals surface area contributed by atoms with Crippen LogP contribution in [0.25, 0.3) is 22.6 Å². The van der Waals surface area contributed by atoms with Crippen LogP contribution in [0.3, 0.4) is 0 Å². The summed E-state index contributed by atoms with van der Waals surface area (Å²) < 4.78 is 2.29. The number of anilines is 2. The number of carboxylic acid groups (broad SMARTS) is 1. The molecule has 2 aliphatic heterocycles. The third-order valence-corrected chi connectivity index (χ3v) is 12.7. The van der Waals surface area contributed by atoms with Crippen LogP contribution >= 0.6 is 35.3 Å². The summed E-state index contributed by atoms with van der Waals surface area (Å²) in [5.74, 6) is -1.08. The third-order valence-electron chi connectivity index (χ3n) is 10.0. The highest BCUT2D eigenvalue weighted by atomic mass is 32.2. The van der Waals surface area contributed by atoms with Gasteiger partial charge in [-0.3, -0.25) is 23.9 Å². The Morgan fingerprint density at radius 2 is 1.58 bits per heavy atom. The van der Waals surface area contributed by atoms with Crippen molar-refractivity contribution in [2.75, 3.05) is 11.4 Å². The Morgan fingerprint density at radius 3 is 2.21 bits per heavy atom. The highest BCUT2D eigenvalue weighted by Gasteiger charge is 2.42. The van der Waals surface area contributed by atoms with Crippen molar-refractivity contribution in [1.82, 2.24) is 9.47 Å². The van der Waals surface area contributed by atoms with Crippen LogP contribution in [0, 0.1) is 0 Å². The smallest absolute Gasteiger partial charge is 0.323 e. The number of aliphatic carboxylic acids is 1. The van der Waals surface area contributed by atoms with Gasteiger partial charge in [-0.05, 0) is 89.6 Å². The highest BCUT2D eigenvalue weighted by Crippen LogP contribution is 2.52. The van der Waals surface area contributed by atoms with Crippen LogP contribution in [-0.4, -0.2) is 43.4 Å². The number of benzene rings is 4. The summed E-state index contributed by atoms with van der Waals surface area (Å²) in [5, 5.41) is 9.62. The largest absolute Gasteiger partial charge is 0.480 e. The van der Waals surface area contributed by atoms with Crippen molar-refractivity contribution >= 4 is 85.5 Å². The van der Waals surface area contributed by atoms with Gasteiger partial charge in [0.15, 0.2) is 0 Å². The second-order valence-corrected chi connectivity index (χ2v) is 15.8. The maximum Gasteiger partial charge on any atom is 0.323 e. The molecule has 1 saturated heterocycles. The molecule has 2 atom stereocenters. The van der Waals surface area contributed by atoms with Gasteiger partial charge in [-0.15, -0.1) is 11.3 Å². The molecule has 3 aliphatic rings. The van der Waals surface area contributed by atoms with Crippen LogP contribution in [0.1, 0.15) is 59.9 Å². The van der Waals surface area contributed by atoms with Gasteiger partial charge < -0.3 is 10.0 Å². The second-order valence-electron chi connectivity index (χ2n) is 13.1. The van der Waals surface area contributed by atoms with Crippen LogP contribution < -0.4 is 19.7 Å². The molecule has 1 N–H and O–H groups in total. The Morgan fingerprint density at radius 1 is 0.904 bits per heavy atom. The first-order valence-electron chi connectivity index (χ1n) is 17.4. The van der Waals surface area contributed by atoms with Crippen molar-refractivity contribution in [2.24, 2.45) is 0 Å². The van der Waals surface area contributed by atoms with Crippen LogP contribution in [0.15, 0.2) is 108 Å². The number of hydrogen-bond donors (Lipinski definition) is 1. The molecule has 0 bridgehead atoms. The van der Waals surface area contributed by atoms with Gasteiger partial charge in [0.25, 0.3) is 11.5 Å². The van der Waals surface area contributed by atoms with Crippen molar-refractivity contribution in [3.63, 3.8) is 0 Å². The molecule has 0 radical (unpaired) electrons. The number of amides is 1. The van der Waals surface area contributed by atoms with Crippen molar-refractivity contribution in [3.05, 3.63) is 150 Å². The molecule has 52 heavy (non-hydrogen) atoms. The molecule has 7 nitrogen and oxygen atoms in total. The molecule has 1 aliphatic carbocycles. The van der Waals surface area contributed by atoms with E-state index in [1.807, 2.05) is 31.2 Å². The van der Waals surface area contributed by atoms with E-state index in [4.69, 9.17) is 12.2 Å². The summed E-state index contributed by atoms with van der Waals surface area (Å²) >= 11 is 7.65. The summed E-state index contributed by atoms with van der Waals surface area (Å²) in [5.41, 5.74) is 8.67. The number of thioether (sulfide) groups is 1. The van der Waals surface area contributed by atoms with E-state index in [0.717, 1.165) is 59.2 Å². The molecule has 5 aromatic rings. The zero-order valence-electron chi connectivity index (χ0n) is 28.4. The quantitative estimate of drug-likeness (QED) is 0.133. The van der Waals surface area contributed by atoms with Gasteiger partial charge in [-0.25, -0.2) is 0 Å². The van der Waals surface area contributed by atoms with Crippen LogP contribution in [0.4, 0.5) is 11.4 Å². The molecule has 10 heteroatoms. The predicted molar refractivity (Wildman–Crippen MR) is 215 cm³/mol. The van der Waals surface area contributed by atoms with E-state index in [-0.39, 0.29) is 5.91 Å². The normalized spacial score (nSPS) is 19.3.